The molecule has 0 saturated heterocycles. The van der Waals surface area contributed by atoms with Crippen LogP contribution in [0.5, 0.6) is 11.5 Å². The monoisotopic (exact) mass is 359 g/mol. The lowest BCUT2D eigenvalue weighted by atomic mass is 9.85. The molecule has 132 valence electrons. The van der Waals surface area contributed by atoms with Gasteiger partial charge in [-0.25, -0.2) is 0 Å². The van der Waals surface area contributed by atoms with Crippen LogP contribution in [0.2, 0.25) is 0 Å². The Morgan fingerprint density at radius 1 is 1.04 bits per heavy atom. The van der Waals surface area contributed by atoms with Crippen LogP contribution in [0, 0.1) is 0 Å². The molecule has 6 heteroatoms. The van der Waals surface area contributed by atoms with Crippen molar-refractivity contribution < 1.29 is 23.5 Å². The van der Waals surface area contributed by atoms with Gasteiger partial charge in [-0.05, 0) is 42.0 Å². The SMILES string of the molecule is O=C1CC(c2ccncc2)c2c(ccc3c2O/C(=C\c2ccco2)C3=O)O1. The first-order chi connectivity index (χ1) is 13.2. The highest BCUT2D eigenvalue weighted by atomic mass is 16.5. The zero-order valence-corrected chi connectivity index (χ0v) is 14.0. The number of esters is 1. The highest BCUT2D eigenvalue weighted by molar-refractivity contribution is 6.15. The van der Waals surface area contributed by atoms with Gasteiger partial charge in [0, 0.05) is 30.0 Å². The summed E-state index contributed by atoms with van der Waals surface area (Å²) in [5.74, 6) is 0.740. The fourth-order valence-electron chi connectivity index (χ4n) is 3.49. The van der Waals surface area contributed by atoms with E-state index in [0.717, 1.165) is 5.56 Å². The van der Waals surface area contributed by atoms with E-state index in [0.29, 0.717) is 28.4 Å². The Morgan fingerprint density at radius 3 is 2.67 bits per heavy atom. The van der Waals surface area contributed by atoms with E-state index < -0.39 is 0 Å². The van der Waals surface area contributed by atoms with E-state index in [2.05, 4.69) is 4.98 Å². The number of hydrogen-bond acceptors (Lipinski definition) is 6. The highest BCUT2D eigenvalue weighted by Crippen LogP contribution is 2.48. The van der Waals surface area contributed by atoms with Crippen molar-refractivity contribution in [2.75, 3.05) is 0 Å². The molecule has 1 atom stereocenters. The van der Waals surface area contributed by atoms with Gasteiger partial charge >= 0.3 is 5.97 Å². The molecule has 0 amide bonds. The summed E-state index contributed by atoms with van der Waals surface area (Å²) < 4.78 is 16.6. The molecule has 2 aliphatic heterocycles. The van der Waals surface area contributed by atoms with Crippen molar-refractivity contribution in [2.45, 2.75) is 12.3 Å². The fraction of sp³-hybridized carbons (Fsp3) is 0.0952. The first-order valence-corrected chi connectivity index (χ1v) is 8.46. The molecule has 0 fully saturated rings. The molecule has 3 aromatic rings. The molecule has 0 spiro atoms. The third-order valence-corrected chi connectivity index (χ3v) is 4.70. The second kappa shape index (κ2) is 5.95. The Hall–Kier alpha value is -3.67. The predicted molar refractivity (Wildman–Crippen MR) is 94.4 cm³/mol. The largest absolute Gasteiger partial charge is 0.465 e. The summed E-state index contributed by atoms with van der Waals surface area (Å²) in [6.45, 7) is 0. The average molecular weight is 359 g/mol. The quantitative estimate of drug-likeness (QED) is 0.394. The molecular weight excluding hydrogens is 346 g/mol. The van der Waals surface area contributed by atoms with E-state index in [4.69, 9.17) is 13.9 Å². The van der Waals surface area contributed by atoms with Gasteiger partial charge in [0.1, 0.15) is 17.3 Å². The number of carbonyl (C=O) groups is 2. The third-order valence-electron chi connectivity index (χ3n) is 4.70. The van der Waals surface area contributed by atoms with E-state index in [1.54, 1.807) is 42.7 Å². The molecule has 0 bridgehead atoms. The van der Waals surface area contributed by atoms with Crippen LogP contribution in [0.3, 0.4) is 0 Å². The van der Waals surface area contributed by atoms with Crippen molar-refractivity contribution in [3.63, 3.8) is 0 Å². The second-order valence-corrected chi connectivity index (χ2v) is 6.32. The number of rotatable bonds is 2. The molecular formula is C21H13NO5. The van der Waals surface area contributed by atoms with E-state index in [9.17, 15) is 9.59 Å². The maximum atomic E-state index is 12.8. The molecule has 5 rings (SSSR count). The van der Waals surface area contributed by atoms with Gasteiger partial charge in [-0.2, -0.15) is 0 Å². The minimum absolute atomic E-state index is 0.169. The van der Waals surface area contributed by atoms with Gasteiger partial charge in [-0.3, -0.25) is 14.6 Å². The molecule has 2 aliphatic rings. The number of carbonyl (C=O) groups excluding carboxylic acids is 2. The average Bonchev–Trinajstić information content (AvgIpc) is 3.30. The Balaban J connectivity index is 1.65. The predicted octanol–water partition coefficient (Wildman–Crippen LogP) is 3.73. The summed E-state index contributed by atoms with van der Waals surface area (Å²) in [6.07, 6.45) is 6.60. The third kappa shape index (κ3) is 2.54. The van der Waals surface area contributed by atoms with Gasteiger partial charge < -0.3 is 13.9 Å². The van der Waals surface area contributed by atoms with Crippen molar-refractivity contribution in [2.24, 2.45) is 0 Å². The van der Waals surface area contributed by atoms with Crippen molar-refractivity contribution in [3.05, 3.63) is 83.3 Å². The Morgan fingerprint density at radius 2 is 1.89 bits per heavy atom. The molecule has 4 heterocycles. The number of ketones is 1. The van der Waals surface area contributed by atoms with E-state index >= 15 is 0 Å². The summed E-state index contributed by atoms with van der Waals surface area (Å²) in [6, 6.07) is 10.5. The first-order valence-electron chi connectivity index (χ1n) is 8.46. The number of ether oxygens (including phenoxy) is 2. The smallest absolute Gasteiger partial charge is 0.312 e. The number of pyridine rings is 1. The Bertz CT molecular complexity index is 1080. The number of benzene rings is 1. The van der Waals surface area contributed by atoms with E-state index in [1.807, 2.05) is 12.1 Å². The van der Waals surface area contributed by atoms with Crippen LogP contribution in [0.15, 0.2) is 65.2 Å². The lowest BCUT2D eigenvalue weighted by molar-refractivity contribution is -0.135. The van der Waals surface area contributed by atoms with Crippen LogP contribution in [0.1, 0.15) is 39.6 Å². The molecule has 0 N–H and O–H groups in total. The molecule has 0 saturated carbocycles. The number of allylic oxidation sites excluding steroid dienone is 1. The molecule has 0 radical (unpaired) electrons. The Labute approximate surface area is 154 Å². The Kier molecular flexibility index (Phi) is 3.43. The van der Waals surface area contributed by atoms with Crippen molar-refractivity contribution in [3.8, 4) is 11.5 Å². The number of furan rings is 1. The van der Waals surface area contributed by atoms with Crippen LogP contribution in [-0.4, -0.2) is 16.7 Å². The van der Waals surface area contributed by atoms with Crippen LogP contribution < -0.4 is 9.47 Å². The number of fused-ring (bicyclic) bond motifs is 3. The number of aromatic nitrogens is 1. The van der Waals surface area contributed by atoms with Crippen LogP contribution in [-0.2, 0) is 4.79 Å². The highest BCUT2D eigenvalue weighted by Gasteiger charge is 2.38. The standard InChI is InChI=1S/C21H13NO5/c23-18-11-15(12-5-7-22-8-6-12)19-16(26-18)4-3-14-20(24)17(27-21(14)19)10-13-2-1-9-25-13/h1-10,15H,11H2/b17-10-. The molecule has 1 aromatic carbocycles. The van der Waals surface area contributed by atoms with Gasteiger partial charge in [0.25, 0.3) is 0 Å². The lowest BCUT2D eigenvalue weighted by Crippen LogP contribution is -2.21. The van der Waals surface area contributed by atoms with Crippen molar-refractivity contribution in [1.29, 1.82) is 0 Å². The zero-order chi connectivity index (χ0) is 18.4. The summed E-state index contributed by atoms with van der Waals surface area (Å²) in [4.78, 5) is 28.9. The lowest BCUT2D eigenvalue weighted by Gasteiger charge is -2.26. The van der Waals surface area contributed by atoms with Crippen molar-refractivity contribution in [1.82, 2.24) is 4.98 Å². The molecule has 1 unspecified atom stereocenters. The van der Waals surface area contributed by atoms with Crippen LogP contribution in [0.25, 0.3) is 6.08 Å². The number of nitrogens with zero attached hydrogens (tertiary/aromatic N) is 1. The van der Waals surface area contributed by atoms with Gasteiger partial charge in [0.05, 0.1) is 18.2 Å². The molecule has 6 nitrogen and oxygen atoms in total. The van der Waals surface area contributed by atoms with Gasteiger partial charge in [0.2, 0.25) is 5.78 Å². The topological polar surface area (TPSA) is 78.6 Å². The molecule has 2 aromatic heterocycles. The van der Waals surface area contributed by atoms with Crippen LogP contribution in [0.4, 0.5) is 0 Å². The van der Waals surface area contributed by atoms with Gasteiger partial charge in [0.15, 0.2) is 5.76 Å². The van der Waals surface area contributed by atoms with Crippen molar-refractivity contribution >= 4 is 17.8 Å². The number of Topliss-reactive ketones (excluding diaryl/α,β-unsaturated/α-hetero) is 1. The van der Waals surface area contributed by atoms with E-state index in [1.165, 1.54) is 6.26 Å². The van der Waals surface area contributed by atoms with Gasteiger partial charge in [-0.15, -0.1) is 0 Å². The zero-order valence-electron chi connectivity index (χ0n) is 14.0. The fourth-order valence-corrected chi connectivity index (χ4v) is 3.49. The van der Waals surface area contributed by atoms with Gasteiger partial charge in [-0.1, -0.05) is 0 Å². The maximum absolute atomic E-state index is 12.8. The first kappa shape index (κ1) is 15.6. The number of hydrogen-bond donors (Lipinski definition) is 0. The molecule has 27 heavy (non-hydrogen) atoms. The summed E-state index contributed by atoms with van der Waals surface area (Å²) in [5, 5.41) is 0. The minimum Gasteiger partial charge on any atom is -0.465 e. The molecule has 0 aliphatic carbocycles. The minimum atomic E-state index is -0.320. The summed E-state index contributed by atoms with van der Waals surface area (Å²) in [7, 11) is 0. The summed E-state index contributed by atoms with van der Waals surface area (Å²) in [5.41, 5.74) is 2.06. The van der Waals surface area contributed by atoms with Crippen LogP contribution >= 0.6 is 0 Å². The second-order valence-electron chi connectivity index (χ2n) is 6.32. The van der Waals surface area contributed by atoms with E-state index in [-0.39, 0.29) is 29.9 Å². The summed E-state index contributed by atoms with van der Waals surface area (Å²) >= 11 is 0. The normalized spacial score (nSPS) is 19.4. The maximum Gasteiger partial charge on any atom is 0.312 e.